The Kier molecular flexibility index (Phi) is 4.39. The Morgan fingerprint density at radius 2 is 1.89 bits per heavy atom. The summed E-state index contributed by atoms with van der Waals surface area (Å²) in [6.45, 7) is 1.20. The topological polar surface area (TPSA) is 34.1 Å². The molecule has 1 heterocycles. The first-order chi connectivity index (χ1) is 9.03. The first-order valence-electron chi connectivity index (χ1n) is 5.47. The van der Waals surface area contributed by atoms with Crippen LogP contribution in [0.1, 0.15) is 10.6 Å². The number of aromatic nitrogens is 1. The quantitative estimate of drug-likeness (QED) is 0.916. The summed E-state index contributed by atoms with van der Waals surface area (Å²) in [7, 11) is 0. The van der Waals surface area contributed by atoms with Gasteiger partial charge >= 0.3 is 6.36 Å². The average molecular weight is 288 g/mol. The number of thiazole rings is 1. The predicted octanol–water partition coefficient (Wildman–Crippen LogP) is 3.33. The van der Waals surface area contributed by atoms with Gasteiger partial charge in [0, 0.05) is 24.7 Å². The molecule has 0 aliphatic heterocycles. The van der Waals surface area contributed by atoms with Gasteiger partial charge in [-0.05, 0) is 17.7 Å². The third-order valence-electron chi connectivity index (χ3n) is 2.25. The maximum Gasteiger partial charge on any atom is 0.573 e. The number of halogens is 3. The molecule has 0 amide bonds. The van der Waals surface area contributed by atoms with Crippen molar-refractivity contribution in [1.29, 1.82) is 0 Å². The standard InChI is InChI=1S/C12H11F3N2OS/c13-12(14,15)18-10-3-1-9(2-4-10)7-16-8-11-17-5-6-19-11/h1-6,16H,7-8H2. The van der Waals surface area contributed by atoms with Gasteiger partial charge in [-0.15, -0.1) is 24.5 Å². The maximum absolute atomic E-state index is 12.0. The van der Waals surface area contributed by atoms with Crippen molar-refractivity contribution in [2.24, 2.45) is 0 Å². The number of rotatable bonds is 5. The SMILES string of the molecule is FC(F)(F)Oc1ccc(CNCc2nccs2)cc1. The van der Waals surface area contributed by atoms with Gasteiger partial charge in [-0.2, -0.15) is 0 Å². The Hall–Kier alpha value is -1.60. The highest BCUT2D eigenvalue weighted by atomic mass is 32.1. The second-order valence-electron chi connectivity index (χ2n) is 3.72. The number of benzene rings is 1. The van der Waals surface area contributed by atoms with E-state index in [-0.39, 0.29) is 5.75 Å². The van der Waals surface area contributed by atoms with Crippen molar-refractivity contribution >= 4 is 11.3 Å². The smallest absolute Gasteiger partial charge is 0.406 e. The van der Waals surface area contributed by atoms with Crippen molar-refractivity contribution in [2.75, 3.05) is 0 Å². The molecule has 0 radical (unpaired) electrons. The number of ether oxygens (including phenoxy) is 1. The minimum atomic E-state index is -4.65. The summed E-state index contributed by atoms with van der Waals surface area (Å²) in [5.74, 6) is -0.212. The normalized spacial score (nSPS) is 11.5. The van der Waals surface area contributed by atoms with Crippen LogP contribution in [0.5, 0.6) is 5.75 Å². The molecule has 0 aliphatic carbocycles. The lowest BCUT2D eigenvalue weighted by molar-refractivity contribution is -0.274. The highest BCUT2D eigenvalue weighted by molar-refractivity contribution is 7.09. The first-order valence-corrected chi connectivity index (χ1v) is 6.35. The van der Waals surface area contributed by atoms with Crippen LogP contribution >= 0.6 is 11.3 Å². The summed E-state index contributed by atoms with van der Waals surface area (Å²) in [6, 6.07) is 5.79. The molecular weight excluding hydrogens is 277 g/mol. The second-order valence-corrected chi connectivity index (χ2v) is 4.70. The van der Waals surface area contributed by atoms with E-state index in [1.807, 2.05) is 5.38 Å². The molecule has 7 heteroatoms. The summed E-state index contributed by atoms with van der Waals surface area (Å²) in [5.41, 5.74) is 0.881. The fourth-order valence-corrected chi connectivity index (χ4v) is 2.05. The van der Waals surface area contributed by atoms with Crippen molar-refractivity contribution < 1.29 is 17.9 Å². The van der Waals surface area contributed by atoms with Crippen LogP contribution in [0.4, 0.5) is 13.2 Å². The third kappa shape index (κ3) is 4.88. The van der Waals surface area contributed by atoms with Gasteiger partial charge in [0.1, 0.15) is 10.8 Å². The number of alkyl halides is 3. The van der Waals surface area contributed by atoms with E-state index >= 15 is 0 Å². The van der Waals surface area contributed by atoms with E-state index in [0.29, 0.717) is 13.1 Å². The van der Waals surface area contributed by atoms with Crippen LogP contribution < -0.4 is 10.1 Å². The molecule has 0 aliphatic rings. The van der Waals surface area contributed by atoms with Gasteiger partial charge in [-0.25, -0.2) is 4.98 Å². The van der Waals surface area contributed by atoms with Gasteiger partial charge in [-0.1, -0.05) is 12.1 Å². The molecule has 0 saturated heterocycles. The molecule has 0 atom stereocenters. The van der Waals surface area contributed by atoms with Crippen LogP contribution in [0.15, 0.2) is 35.8 Å². The van der Waals surface area contributed by atoms with E-state index in [1.165, 1.54) is 12.1 Å². The molecule has 2 rings (SSSR count). The molecule has 1 aromatic heterocycles. The molecule has 1 aromatic carbocycles. The van der Waals surface area contributed by atoms with E-state index in [2.05, 4.69) is 15.0 Å². The average Bonchev–Trinajstić information content (AvgIpc) is 2.82. The summed E-state index contributed by atoms with van der Waals surface area (Å²) >= 11 is 1.55. The molecule has 3 nitrogen and oxygen atoms in total. The van der Waals surface area contributed by atoms with E-state index in [0.717, 1.165) is 10.6 Å². The zero-order valence-corrected chi connectivity index (χ0v) is 10.6. The Bertz CT molecular complexity index is 497. The van der Waals surface area contributed by atoms with E-state index < -0.39 is 6.36 Å². The summed E-state index contributed by atoms with van der Waals surface area (Å²) < 4.78 is 39.7. The van der Waals surface area contributed by atoms with Gasteiger partial charge in [0.25, 0.3) is 0 Å². The van der Waals surface area contributed by atoms with Crippen LogP contribution in [0, 0.1) is 0 Å². The maximum atomic E-state index is 12.0. The highest BCUT2D eigenvalue weighted by Gasteiger charge is 2.30. The lowest BCUT2D eigenvalue weighted by Crippen LogP contribution is -2.17. The Balaban J connectivity index is 1.81. The van der Waals surface area contributed by atoms with Gasteiger partial charge in [0.05, 0.1) is 0 Å². The molecule has 0 spiro atoms. The van der Waals surface area contributed by atoms with Crippen molar-refractivity contribution in [1.82, 2.24) is 10.3 Å². The molecule has 0 unspecified atom stereocenters. The lowest BCUT2D eigenvalue weighted by atomic mass is 10.2. The Morgan fingerprint density at radius 3 is 2.47 bits per heavy atom. The minimum absolute atomic E-state index is 0.212. The van der Waals surface area contributed by atoms with E-state index in [1.54, 1.807) is 29.7 Å². The molecule has 2 aromatic rings. The monoisotopic (exact) mass is 288 g/mol. The summed E-state index contributed by atoms with van der Waals surface area (Å²) in [4.78, 5) is 4.11. The van der Waals surface area contributed by atoms with Crippen molar-refractivity contribution in [2.45, 2.75) is 19.5 Å². The summed E-state index contributed by atoms with van der Waals surface area (Å²) in [6.07, 6.45) is -2.92. The fourth-order valence-electron chi connectivity index (χ4n) is 1.46. The molecule has 0 saturated carbocycles. The van der Waals surface area contributed by atoms with Crippen molar-refractivity contribution in [3.63, 3.8) is 0 Å². The largest absolute Gasteiger partial charge is 0.573 e. The number of nitrogens with zero attached hydrogens (tertiary/aromatic N) is 1. The van der Waals surface area contributed by atoms with Gasteiger partial charge in [-0.3, -0.25) is 0 Å². The third-order valence-corrected chi connectivity index (χ3v) is 3.03. The van der Waals surface area contributed by atoms with E-state index in [9.17, 15) is 13.2 Å². The highest BCUT2D eigenvalue weighted by Crippen LogP contribution is 2.22. The molecule has 0 bridgehead atoms. The zero-order valence-electron chi connectivity index (χ0n) is 9.78. The van der Waals surface area contributed by atoms with Crippen LogP contribution in [0.2, 0.25) is 0 Å². The molecular formula is C12H11F3N2OS. The van der Waals surface area contributed by atoms with Gasteiger partial charge in [0.15, 0.2) is 0 Å². The molecule has 1 N–H and O–H groups in total. The number of hydrogen-bond acceptors (Lipinski definition) is 4. The second kappa shape index (κ2) is 6.03. The van der Waals surface area contributed by atoms with Crippen LogP contribution in [0.25, 0.3) is 0 Å². The predicted molar refractivity (Wildman–Crippen MR) is 65.8 cm³/mol. The zero-order chi connectivity index (χ0) is 13.7. The molecule has 0 fully saturated rings. The van der Waals surface area contributed by atoms with Gasteiger partial charge in [0.2, 0.25) is 0 Å². The number of nitrogens with one attached hydrogen (secondary N) is 1. The Labute approximate surface area is 112 Å². The van der Waals surface area contributed by atoms with Gasteiger partial charge < -0.3 is 10.1 Å². The van der Waals surface area contributed by atoms with Crippen LogP contribution in [0.3, 0.4) is 0 Å². The number of hydrogen-bond donors (Lipinski definition) is 1. The summed E-state index contributed by atoms with van der Waals surface area (Å²) in [5, 5.41) is 6.02. The molecule has 102 valence electrons. The van der Waals surface area contributed by atoms with Crippen molar-refractivity contribution in [3.8, 4) is 5.75 Å². The Morgan fingerprint density at radius 1 is 1.16 bits per heavy atom. The van der Waals surface area contributed by atoms with E-state index in [4.69, 9.17) is 0 Å². The molecule has 19 heavy (non-hydrogen) atoms. The lowest BCUT2D eigenvalue weighted by Gasteiger charge is -2.09. The first kappa shape index (κ1) is 13.8. The minimum Gasteiger partial charge on any atom is -0.406 e. The van der Waals surface area contributed by atoms with Crippen LogP contribution in [-0.4, -0.2) is 11.3 Å². The fraction of sp³-hybridized carbons (Fsp3) is 0.250. The van der Waals surface area contributed by atoms with Crippen molar-refractivity contribution in [3.05, 3.63) is 46.4 Å². The van der Waals surface area contributed by atoms with Crippen LogP contribution in [-0.2, 0) is 13.1 Å².